The van der Waals surface area contributed by atoms with Crippen LogP contribution in [0.15, 0.2) is 86.5 Å². The number of carbonyl (C=O) groups excluding carboxylic acids is 1. The van der Waals surface area contributed by atoms with Crippen molar-refractivity contribution in [2.45, 2.75) is 0 Å². The van der Waals surface area contributed by atoms with E-state index in [-0.39, 0.29) is 11.3 Å². The normalized spacial score (nSPS) is 10.8. The van der Waals surface area contributed by atoms with Crippen LogP contribution in [-0.4, -0.2) is 5.91 Å². The number of anilines is 1. The van der Waals surface area contributed by atoms with Gasteiger partial charge in [0.05, 0.1) is 10.9 Å². The lowest BCUT2D eigenvalue weighted by Gasteiger charge is -2.11. The molecule has 0 saturated heterocycles. The van der Waals surface area contributed by atoms with E-state index in [1.54, 1.807) is 60.7 Å². The van der Waals surface area contributed by atoms with Gasteiger partial charge in [-0.1, -0.05) is 51.8 Å². The minimum atomic E-state index is -0.395. The van der Waals surface area contributed by atoms with Gasteiger partial charge in [0.25, 0.3) is 5.91 Å². The Morgan fingerprint density at radius 1 is 0.929 bits per heavy atom. The van der Waals surface area contributed by atoms with Gasteiger partial charge in [0, 0.05) is 15.1 Å². The van der Waals surface area contributed by atoms with E-state index in [1.165, 1.54) is 0 Å². The molecule has 0 saturated carbocycles. The Morgan fingerprint density at radius 3 is 2.32 bits per heavy atom. The fourth-order valence-corrected chi connectivity index (χ4v) is 3.28. The largest absolute Gasteiger partial charge is 0.439 e. The lowest BCUT2D eigenvalue weighted by molar-refractivity contribution is 0.102. The molecule has 3 aromatic carbocycles. The number of hydrogen-bond acceptors (Lipinski definition) is 3. The first-order valence-electron chi connectivity index (χ1n) is 8.41. The van der Waals surface area contributed by atoms with E-state index in [1.807, 2.05) is 12.1 Å². The van der Waals surface area contributed by atoms with Gasteiger partial charge < -0.3 is 4.42 Å². The number of para-hydroxylation sites is 1. The molecule has 6 heteroatoms. The predicted molar refractivity (Wildman–Crippen MR) is 115 cm³/mol. The molecule has 0 bridgehead atoms. The van der Waals surface area contributed by atoms with Crippen molar-refractivity contribution in [3.8, 4) is 11.1 Å². The summed E-state index contributed by atoms with van der Waals surface area (Å²) in [5, 5.41) is 3.71. The third kappa shape index (κ3) is 3.59. The standard InChI is InChI=1S/C22H13BrClNO3/c23-15-9-5-13(6-10-15)19-20(26)17-3-1-2-4-18(17)28-22(19)25-21(27)14-7-11-16(24)12-8-14/h1-12H,(H,25,27). The van der Waals surface area contributed by atoms with Crippen molar-refractivity contribution in [3.05, 3.63) is 98.1 Å². The summed E-state index contributed by atoms with van der Waals surface area (Å²) in [5.74, 6) is -0.292. The van der Waals surface area contributed by atoms with Gasteiger partial charge in [-0.15, -0.1) is 0 Å². The second kappa shape index (κ2) is 7.62. The predicted octanol–water partition coefficient (Wildman–Crippen LogP) is 6.13. The van der Waals surface area contributed by atoms with Gasteiger partial charge >= 0.3 is 0 Å². The summed E-state index contributed by atoms with van der Waals surface area (Å²) in [4.78, 5) is 25.8. The van der Waals surface area contributed by atoms with Crippen molar-refractivity contribution in [1.82, 2.24) is 0 Å². The summed E-state index contributed by atoms with van der Waals surface area (Å²) in [5.41, 5.74) is 1.54. The van der Waals surface area contributed by atoms with Gasteiger partial charge in [-0.05, 0) is 54.1 Å². The summed E-state index contributed by atoms with van der Waals surface area (Å²) in [6.07, 6.45) is 0. The van der Waals surface area contributed by atoms with E-state index in [0.29, 0.717) is 32.7 Å². The van der Waals surface area contributed by atoms with E-state index in [0.717, 1.165) is 4.47 Å². The molecule has 0 radical (unpaired) electrons. The second-order valence-corrected chi connectivity index (χ2v) is 7.45. The van der Waals surface area contributed by atoms with Gasteiger partial charge in [-0.25, -0.2) is 0 Å². The second-order valence-electron chi connectivity index (χ2n) is 6.10. The minimum Gasteiger partial charge on any atom is -0.439 e. The molecule has 1 N–H and O–H groups in total. The SMILES string of the molecule is O=C(Nc1oc2ccccc2c(=O)c1-c1ccc(Br)cc1)c1ccc(Cl)cc1. The summed E-state index contributed by atoms with van der Waals surface area (Å²) in [6, 6.07) is 20.7. The lowest BCUT2D eigenvalue weighted by Crippen LogP contribution is -2.16. The van der Waals surface area contributed by atoms with Crippen molar-refractivity contribution >= 4 is 50.3 Å². The van der Waals surface area contributed by atoms with Crippen molar-refractivity contribution in [1.29, 1.82) is 0 Å². The maximum atomic E-state index is 13.2. The molecule has 28 heavy (non-hydrogen) atoms. The maximum Gasteiger partial charge on any atom is 0.257 e. The maximum absolute atomic E-state index is 13.2. The van der Waals surface area contributed by atoms with Crippen LogP contribution in [0.1, 0.15) is 10.4 Å². The molecule has 1 heterocycles. The highest BCUT2D eigenvalue weighted by Crippen LogP contribution is 2.30. The average Bonchev–Trinajstić information content (AvgIpc) is 2.70. The van der Waals surface area contributed by atoms with Crippen LogP contribution in [0.4, 0.5) is 5.88 Å². The molecular weight excluding hydrogens is 442 g/mol. The molecule has 0 fully saturated rings. The van der Waals surface area contributed by atoms with E-state index in [4.69, 9.17) is 16.0 Å². The molecule has 0 aliphatic carbocycles. The molecule has 4 rings (SSSR count). The zero-order chi connectivity index (χ0) is 19.7. The van der Waals surface area contributed by atoms with Crippen LogP contribution in [0.2, 0.25) is 5.02 Å². The number of nitrogens with one attached hydrogen (secondary N) is 1. The van der Waals surface area contributed by atoms with Crippen LogP contribution in [0, 0.1) is 0 Å². The monoisotopic (exact) mass is 453 g/mol. The van der Waals surface area contributed by atoms with E-state index >= 15 is 0 Å². The van der Waals surface area contributed by atoms with Crippen molar-refractivity contribution in [2.75, 3.05) is 5.32 Å². The molecule has 0 aliphatic rings. The Hall–Kier alpha value is -2.89. The van der Waals surface area contributed by atoms with E-state index in [2.05, 4.69) is 21.2 Å². The number of carbonyl (C=O) groups is 1. The topological polar surface area (TPSA) is 59.3 Å². The summed E-state index contributed by atoms with van der Waals surface area (Å²) in [6.45, 7) is 0. The molecule has 0 unspecified atom stereocenters. The number of amides is 1. The number of benzene rings is 3. The first-order chi connectivity index (χ1) is 13.5. The molecule has 0 atom stereocenters. The van der Waals surface area contributed by atoms with Crippen LogP contribution < -0.4 is 10.7 Å². The molecule has 1 amide bonds. The highest BCUT2D eigenvalue weighted by atomic mass is 79.9. The molecular formula is C22H13BrClNO3. The fraction of sp³-hybridized carbons (Fsp3) is 0. The molecule has 0 aliphatic heterocycles. The smallest absolute Gasteiger partial charge is 0.257 e. The Bertz CT molecular complexity index is 1230. The number of hydrogen-bond donors (Lipinski definition) is 1. The number of fused-ring (bicyclic) bond motifs is 1. The van der Waals surface area contributed by atoms with Gasteiger partial charge in [0.1, 0.15) is 5.58 Å². The highest BCUT2D eigenvalue weighted by molar-refractivity contribution is 9.10. The molecule has 138 valence electrons. The molecule has 4 aromatic rings. The Kier molecular flexibility index (Phi) is 5.03. The highest BCUT2D eigenvalue weighted by Gasteiger charge is 2.19. The minimum absolute atomic E-state index is 0.103. The first kappa shape index (κ1) is 18.5. The van der Waals surface area contributed by atoms with Gasteiger partial charge in [0.15, 0.2) is 0 Å². The van der Waals surface area contributed by atoms with Gasteiger partial charge in [-0.2, -0.15) is 0 Å². The molecule has 1 aromatic heterocycles. The van der Waals surface area contributed by atoms with Crippen molar-refractivity contribution < 1.29 is 9.21 Å². The fourth-order valence-electron chi connectivity index (χ4n) is 2.89. The third-order valence-electron chi connectivity index (χ3n) is 4.26. The van der Waals surface area contributed by atoms with Crippen LogP contribution in [0.25, 0.3) is 22.1 Å². The van der Waals surface area contributed by atoms with Crippen LogP contribution in [0.5, 0.6) is 0 Å². The van der Waals surface area contributed by atoms with Gasteiger partial charge in [0.2, 0.25) is 11.3 Å². The molecule has 4 nitrogen and oxygen atoms in total. The summed E-state index contributed by atoms with van der Waals surface area (Å²) in [7, 11) is 0. The quantitative estimate of drug-likeness (QED) is 0.405. The molecule has 0 spiro atoms. The number of halogens is 2. The van der Waals surface area contributed by atoms with E-state index in [9.17, 15) is 9.59 Å². The number of rotatable bonds is 3. The van der Waals surface area contributed by atoms with Gasteiger partial charge in [-0.3, -0.25) is 14.9 Å². The Morgan fingerprint density at radius 2 is 1.61 bits per heavy atom. The third-order valence-corrected chi connectivity index (χ3v) is 5.04. The summed E-state index contributed by atoms with van der Waals surface area (Å²) < 4.78 is 6.79. The van der Waals surface area contributed by atoms with Crippen LogP contribution >= 0.6 is 27.5 Å². The van der Waals surface area contributed by atoms with E-state index < -0.39 is 5.91 Å². The summed E-state index contributed by atoms with van der Waals surface area (Å²) >= 11 is 9.27. The zero-order valence-electron chi connectivity index (χ0n) is 14.4. The first-order valence-corrected chi connectivity index (χ1v) is 9.59. The Balaban J connectivity index is 1.87. The van der Waals surface area contributed by atoms with Crippen LogP contribution in [0.3, 0.4) is 0 Å². The Labute approximate surface area is 173 Å². The van der Waals surface area contributed by atoms with Crippen molar-refractivity contribution in [3.63, 3.8) is 0 Å². The van der Waals surface area contributed by atoms with Crippen molar-refractivity contribution in [2.24, 2.45) is 0 Å². The van der Waals surface area contributed by atoms with Crippen LogP contribution in [-0.2, 0) is 0 Å². The average molecular weight is 455 g/mol. The zero-order valence-corrected chi connectivity index (χ0v) is 16.8. The lowest BCUT2D eigenvalue weighted by atomic mass is 10.0.